The second-order valence-electron chi connectivity index (χ2n) is 27.5. The fourth-order valence-electron chi connectivity index (χ4n) is 17.1. The summed E-state index contributed by atoms with van der Waals surface area (Å²) in [6.45, 7) is 9.18. The molecule has 12 heteroatoms. The van der Waals surface area contributed by atoms with E-state index in [0.717, 1.165) is 160 Å². The average Bonchev–Trinajstić information content (AvgIpc) is 0.714. The van der Waals surface area contributed by atoms with E-state index in [2.05, 4.69) is 100 Å². The molecule has 0 amide bonds. The maximum atomic E-state index is 15.5. The summed E-state index contributed by atoms with van der Waals surface area (Å²) in [7, 11) is 6.92. The Morgan fingerprint density at radius 2 is 0.460 bits per heavy atom. The Hall–Kier alpha value is -9.16. The third-order valence-electron chi connectivity index (χ3n) is 22.0. The summed E-state index contributed by atoms with van der Waals surface area (Å²) < 4.78 is 50.5. The Morgan fingerprint density at radius 1 is 0.260 bits per heavy atom. The SMILES string of the molecule is CCCCOC(=O)c1c(C(=O)OCCCC)c2c3c4c1-c1ccc(OC)c(c1CC4)CCc1ccccc1CCc1c(OC)ccc4c1CCc1c5c(c(C(=O)OCCCC)c(C(=O)OCCCC)c1-4)-c1ccc(OC)c(c1CC5)CCc1ccccc1CCc1c(OC)ccc-2c1CC3. The van der Waals surface area contributed by atoms with Crippen molar-refractivity contribution in [3.63, 3.8) is 0 Å². The van der Waals surface area contributed by atoms with Crippen molar-refractivity contribution in [2.75, 3.05) is 54.9 Å². The van der Waals surface area contributed by atoms with E-state index in [1.165, 1.54) is 22.3 Å². The van der Waals surface area contributed by atoms with Crippen LogP contribution < -0.4 is 18.9 Å². The summed E-state index contributed by atoms with van der Waals surface area (Å²) in [4.78, 5) is 61.9. The highest BCUT2D eigenvalue weighted by atomic mass is 16.5. The van der Waals surface area contributed by atoms with Crippen LogP contribution in [-0.4, -0.2) is 78.7 Å². The highest BCUT2D eigenvalue weighted by Crippen LogP contribution is 2.54. The van der Waals surface area contributed by atoms with Crippen LogP contribution in [0, 0.1) is 0 Å². The zero-order valence-corrected chi connectivity index (χ0v) is 59.9. The van der Waals surface area contributed by atoms with Gasteiger partial charge in [0.2, 0.25) is 0 Å². The van der Waals surface area contributed by atoms with Crippen molar-refractivity contribution in [2.24, 2.45) is 0 Å². The van der Waals surface area contributed by atoms with Crippen LogP contribution in [0.1, 0.15) is 210 Å². The molecule has 0 radical (unpaired) electrons. The van der Waals surface area contributed by atoms with Crippen LogP contribution in [-0.2, 0) is 122 Å². The predicted molar refractivity (Wildman–Crippen MR) is 394 cm³/mol. The van der Waals surface area contributed by atoms with Crippen LogP contribution in [0.4, 0.5) is 0 Å². The molecule has 0 atom stereocenters. The van der Waals surface area contributed by atoms with Crippen molar-refractivity contribution < 1.29 is 57.1 Å². The molecule has 14 rings (SSSR count). The van der Waals surface area contributed by atoms with Crippen molar-refractivity contribution in [2.45, 2.75) is 182 Å². The minimum absolute atomic E-state index is 0.218. The number of benzene rings is 8. The third-order valence-corrected chi connectivity index (χ3v) is 22.0. The van der Waals surface area contributed by atoms with Crippen molar-refractivity contribution in [1.29, 1.82) is 0 Å². The van der Waals surface area contributed by atoms with Crippen LogP contribution >= 0.6 is 0 Å². The molecule has 520 valence electrons. The molecule has 0 heterocycles. The Kier molecular flexibility index (Phi) is 21.6. The van der Waals surface area contributed by atoms with Crippen LogP contribution in [0.15, 0.2) is 97.1 Å². The lowest BCUT2D eigenvalue weighted by Crippen LogP contribution is -2.25. The number of hydrogen-bond donors (Lipinski definition) is 0. The van der Waals surface area contributed by atoms with Crippen molar-refractivity contribution >= 4 is 23.9 Å². The maximum Gasteiger partial charge on any atom is 0.339 e. The second kappa shape index (κ2) is 31.2. The highest BCUT2D eigenvalue weighted by Gasteiger charge is 2.42. The van der Waals surface area contributed by atoms with E-state index in [1.807, 2.05) is 24.3 Å². The summed E-state index contributed by atoms with van der Waals surface area (Å²) in [6, 6.07) is 33.9. The number of hydrogen-bond acceptors (Lipinski definition) is 12. The van der Waals surface area contributed by atoms with Gasteiger partial charge in [0.15, 0.2) is 0 Å². The average molecular weight is 1350 g/mol. The van der Waals surface area contributed by atoms with Crippen molar-refractivity contribution in [1.82, 2.24) is 0 Å². The van der Waals surface area contributed by atoms with Gasteiger partial charge in [-0.3, -0.25) is 0 Å². The Bertz CT molecular complexity index is 3910. The van der Waals surface area contributed by atoms with Gasteiger partial charge >= 0.3 is 23.9 Å². The van der Waals surface area contributed by atoms with Crippen molar-refractivity contribution in [3.8, 4) is 67.5 Å². The highest BCUT2D eigenvalue weighted by molar-refractivity contribution is 6.16. The van der Waals surface area contributed by atoms with Crippen LogP contribution in [0.2, 0.25) is 0 Å². The first-order chi connectivity index (χ1) is 49.0. The molecule has 0 aliphatic heterocycles. The molecule has 0 saturated heterocycles. The molecule has 0 spiro atoms. The fraction of sp³-hybridized carbons (Fsp3) is 0.409. The number of carbonyl (C=O) groups is 4. The number of carbonyl (C=O) groups excluding carboxylic acids is 4. The van der Waals surface area contributed by atoms with Gasteiger partial charge in [0.1, 0.15) is 23.0 Å². The van der Waals surface area contributed by atoms with Crippen LogP contribution in [0.3, 0.4) is 0 Å². The summed E-state index contributed by atoms with van der Waals surface area (Å²) in [5.74, 6) is 1.04. The van der Waals surface area contributed by atoms with Gasteiger partial charge in [-0.05, 0) is 264 Å². The van der Waals surface area contributed by atoms with E-state index in [-0.39, 0.29) is 48.7 Å². The van der Waals surface area contributed by atoms with E-state index in [0.29, 0.717) is 128 Å². The third kappa shape index (κ3) is 13.1. The number of fused-ring (bicyclic) bond motifs is 9. The molecule has 0 fully saturated rings. The number of aryl methyl sites for hydroxylation is 4. The maximum absolute atomic E-state index is 15.5. The van der Waals surface area contributed by atoms with Gasteiger partial charge in [0.25, 0.3) is 0 Å². The predicted octanol–water partition coefficient (Wildman–Crippen LogP) is 18.1. The molecule has 0 saturated carbocycles. The van der Waals surface area contributed by atoms with Crippen molar-refractivity contribution in [3.05, 3.63) is 208 Å². The number of rotatable bonds is 20. The molecule has 0 unspecified atom stereocenters. The fourth-order valence-corrected chi connectivity index (χ4v) is 17.1. The van der Waals surface area contributed by atoms with Gasteiger partial charge in [0.05, 0.1) is 77.1 Å². The topological polar surface area (TPSA) is 142 Å². The Morgan fingerprint density at radius 3 is 0.660 bits per heavy atom. The van der Waals surface area contributed by atoms with Crippen LogP contribution in [0.25, 0.3) is 44.5 Å². The number of ether oxygens (including phenoxy) is 8. The Labute approximate surface area is 590 Å². The largest absolute Gasteiger partial charge is 0.496 e. The molecular weight excluding hydrogens is 1250 g/mol. The van der Waals surface area contributed by atoms with Crippen LogP contribution in [0.5, 0.6) is 23.0 Å². The first-order valence-corrected chi connectivity index (χ1v) is 37.0. The molecule has 0 aromatic heterocycles. The first kappa shape index (κ1) is 69.3. The quantitative estimate of drug-likeness (QED) is 0.0407. The molecule has 6 aliphatic carbocycles. The molecule has 12 nitrogen and oxygen atoms in total. The Balaban J connectivity index is 1.03. The minimum atomic E-state index is -0.519. The first-order valence-electron chi connectivity index (χ1n) is 37.0. The summed E-state index contributed by atoms with van der Waals surface area (Å²) in [5.41, 5.74) is 25.7. The molecule has 8 aromatic rings. The lowest BCUT2D eigenvalue weighted by molar-refractivity contribution is 0.0453. The van der Waals surface area contributed by atoms with Gasteiger partial charge in [0, 0.05) is 22.3 Å². The molecule has 8 aromatic carbocycles. The monoisotopic (exact) mass is 1340 g/mol. The number of unbranched alkanes of at least 4 members (excludes halogenated alkanes) is 4. The summed E-state index contributed by atoms with van der Waals surface area (Å²) in [6.07, 6.45) is 16.9. The summed E-state index contributed by atoms with van der Waals surface area (Å²) in [5, 5.41) is 0. The van der Waals surface area contributed by atoms with E-state index in [4.69, 9.17) is 37.9 Å². The summed E-state index contributed by atoms with van der Waals surface area (Å²) >= 11 is 0. The lowest BCUT2D eigenvalue weighted by Gasteiger charge is -2.34. The van der Waals surface area contributed by atoms with E-state index < -0.39 is 23.9 Å². The van der Waals surface area contributed by atoms with Gasteiger partial charge in [-0.1, -0.05) is 126 Å². The zero-order chi connectivity index (χ0) is 69.6. The molecule has 0 N–H and O–H groups in total. The molecule has 20 bridgehead atoms. The molecular formula is C88H96O12. The van der Waals surface area contributed by atoms with Gasteiger partial charge in [-0.25, -0.2) is 19.2 Å². The smallest absolute Gasteiger partial charge is 0.339 e. The van der Waals surface area contributed by atoms with E-state index in [9.17, 15) is 0 Å². The number of esters is 4. The molecule has 6 aliphatic rings. The van der Waals surface area contributed by atoms with E-state index in [1.54, 1.807) is 28.4 Å². The van der Waals surface area contributed by atoms with Gasteiger partial charge in [-0.2, -0.15) is 0 Å². The normalized spacial score (nSPS) is 14.0. The molecule has 100 heavy (non-hydrogen) atoms. The lowest BCUT2D eigenvalue weighted by atomic mass is 9.70. The standard InChI is InChI=1S/C88H96O12/c1-9-13-49-97-85(89)81-77-65-41-45-73(93-5)61-29-25-53-21-17-18-23-55(53)27-31-63-59-35-39-71-72-40-36-60-64(76(96-8)48-44-68(60)80(72)84(88(92)100-52-16-12-4)83(87(91)99-51-15-11-3)79(71)67(59)43-47-75(63)95-7)32-28-56-24-20-19-22-54(56)26-30-62-58-34-38-70(69(77)37-33-57(61)65)78(66(58)42-46-74(62)94-6)82(81)86(90)98-50-14-10-2/h17-24,41-48H,9-16,25-40,49-52H2,1-8H3. The van der Waals surface area contributed by atoms with Gasteiger partial charge in [-0.15, -0.1) is 0 Å². The zero-order valence-electron chi connectivity index (χ0n) is 59.9. The minimum Gasteiger partial charge on any atom is -0.496 e. The number of methoxy groups -OCH3 is 4. The van der Waals surface area contributed by atoms with E-state index >= 15 is 19.2 Å². The van der Waals surface area contributed by atoms with Gasteiger partial charge < -0.3 is 37.9 Å². The second-order valence-corrected chi connectivity index (χ2v) is 27.5.